The SMILES string of the molecule is CCOc1cc(/C=N\NC(F)(F)C(F)(F)C(F)(F)F)cc(I)c1OCc1ccc(Cl)cc1Cl. The Morgan fingerprint density at radius 3 is 2.27 bits per heavy atom. The van der Waals surface area contributed by atoms with Gasteiger partial charge in [0.15, 0.2) is 11.5 Å². The van der Waals surface area contributed by atoms with Crippen LogP contribution in [0.5, 0.6) is 11.5 Å². The van der Waals surface area contributed by atoms with Gasteiger partial charge in [0.2, 0.25) is 0 Å². The van der Waals surface area contributed by atoms with Crippen molar-refractivity contribution in [3.63, 3.8) is 0 Å². The van der Waals surface area contributed by atoms with Gasteiger partial charge in [-0.15, -0.1) is 0 Å². The van der Waals surface area contributed by atoms with Crippen LogP contribution in [0.3, 0.4) is 0 Å². The number of hydrazone groups is 1. The standard InChI is InChI=1S/C19H14Cl2F7IN2O2/c1-2-32-15-6-10(8-30-31-19(27,28)17(22,23)18(24,25)26)5-14(29)16(15)33-9-11-3-4-12(20)7-13(11)21/h3-8,31H,2,9H2,1H3/b30-8-. The summed E-state index contributed by atoms with van der Waals surface area (Å²) in [4.78, 5) is 0. The van der Waals surface area contributed by atoms with E-state index in [2.05, 4.69) is 5.10 Å². The Kier molecular flexibility index (Phi) is 8.96. The number of nitrogens with zero attached hydrogens (tertiary/aromatic N) is 1. The fraction of sp³-hybridized carbons (Fsp3) is 0.316. The first kappa shape index (κ1) is 27.6. The maximum absolute atomic E-state index is 13.3. The van der Waals surface area contributed by atoms with Gasteiger partial charge in [-0.3, -0.25) is 0 Å². The van der Waals surface area contributed by atoms with Gasteiger partial charge in [0.05, 0.1) is 16.4 Å². The average Bonchev–Trinajstić information content (AvgIpc) is 2.68. The fourth-order valence-corrected chi connectivity index (χ4v) is 3.53. The van der Waals surface area contributed by atoms with Crippen LogP contribution in [0.4, 0.5) is 30.7 Å². The molecule has 0 atom stereocenters. The Labute approximate surface area is 207 Å². The molecule has 0 radical (unpaired) electrons. The maximum atomic E-state index is 13.3. The number of ether oxygens (including phenoxy) is 2. The quantitative estimate of drug-likeness (QED) is 0.104. The Balaban J connectivity index is 2.23. The Hall–Kier alpha value is -1.67. The summed E-state index contributed by atoms with van der Waals surface area (Å²) in [6.45, 7) is 1.87. The van der Waals surface area contributed by atoms with Gasteiger partial charge in [-0.1, -0.05) is 29.3 Å². The van der Waals surface area contributed by atoms with Crippen molar-refractivity contribution in [2.45, 2.75) is 31.7 Å². The van der Waals surface area contributed by atoms with Gasteiger partial charge in [-0.2, -0.15) is 35.8 Å². The molecular weight excluding hydrogens is 619 g/mol. The van der Waals surface area contributed by atoms with E-state index in [1.807, 2.05) is 22.6 Å². The molecule has 0 aliphatic carbocycles. The molecule has 0 aromatic heterocycles. The van der Waals surface area contributed by atoms with Crippen LogP contribution in [0.1, 0.15) is 18.1 Å². The topological polar surface area (TPSA) is 42.8 Å². The van der Waals surface area contributed by atoms with E-state index < -0.39 is 18.1 Å². The lowest BCUT2D eigenvalue weighted by atomic mass is 10.2. The van der Waals surface area contributed by atoms with E-state index in [0.717, 1.165) is 0 Å². The molecule has 0 heterocycles. The van der Waals surface area contributed by atoms with Crippen LogP contribution >= 0.6 is 45.8 Å². The highest BCUT2D eigenvalue weighted by molar-refractivity contribution is 14.1. The third-order valence-corrected chi connectivity index (χ3v) is 5.28. The van der Waals surface area contributed by atoms with Gasteiger partial charge in [-0.05, 0) is 59.3 Å². The highest BCUT2D eigenvalue weighted by Gasteiger charge is 2.73. The first-order valence-electron chi connectivity index (χ1n) is 8.85. The summed E-state index contributed by atoms with van der Waals surface area (Å²) in [7, 11) is 0. The Morgan fingerprint density at radius 2 is 1.70 bits per heavy atom. The number of hydrogen-bond acceptors (Lipinski definition) is 4. The molecule has 0 aliphatic rings. The minimum Gasteiger partial charge on any atom is -0.490 e. The first-order valence-corrected chi connectivity index (χ1v) is 10.7. The van der Waals surface area contributed by atoms with Crippen LogP contribution in [0, 0.1) is 3.57 Å². The van der Waals surface area contributed by atoms with Crippen molar-refractivity contribution in [3.8, 4) is 11.5 Å². The molecule has 14 heteroatoms. The molecule has 0 amide bonds. The van der Waals surface area contributed by atoms with E-state index in [1.165, 1.54) is 18.2 Å². The van der Waals surface area contributed by atoms with Crippen LogP contribution in [-0.2, 0) is 6.61 Å². The lowest BCUT2D eigenvalue weighted by Crippen LogP contribution is -2.58. The van der Waals surface area contributed by atoms with E-state index in [-0.39, 0.29) is 30.3 Å². The number of alkyl halides is 7. The molecule has 2 rings (SSSR count). The smallest absolute Gasteiger partial charge is 0.462 e. The number of rotatable bonds is 9. The zero-order valence-corrected chi connectivity index (χ0v) is 20.1. The maximum Gasteiger partial charge on any atom is 0.462 e. The summed E-state index contributed by atoms with van der Waals surface area (Å²) in [6.07, 6.45) is -5.83. The summed E-state index contributed by atoms with van der Waals surface area (Å²) in [6, 6.07) is 1.79. The van der Waals surface area contributed by atoms with Crippen molar-refractivity contribution in [1.82, 2.24) is 5.43 Å². The van der Waals surface area contributed by atoms with E-state index in [9.17, 15) is 30.7 Å². The molecule has 4 nitrogen and oxygen atoms in total. The number of hydrogen-bond donors (Lipinski definition) is 1. The zero-order valence-electron chi connectivity index (χ0n) is 16.4. The van der Waals surface area contributed by atoms with Crippen molar-refractivity contribution in [2.24, 2.45) is 5.10 Å². The summed E-state index contributed by atoms with van der Waals surface area (Å²) in [5, 5.41) is 3.64. The van der Waals surface area contributed by atoms with Crippen molar-refractivity contribution in [3.05, 3.63) is 55.1 Å². The average molecular weight is 633 g/mol. The molecule has 0 saturated heterocycles. The summed E-state index contributed by atoms with van der Waals surface area (Å²) >= 11 is 13.8. The van der Waals surface area contributed by atoms with Gasteiger partial charge in [0.1, 0.15) is 6.61 Å². The monoisotopic (exact) mass is 632 g/mol. The van der Waals surface area contributed by atoms with Crippen LogP contribution in [-0.4, -0.2) is 31.0 Å². The molecule has 0 unspecified atom stereocenters. The summed E-state index contributed by atoms with van der Waals surface area (Å²) < 4.78 is 101. The highest BCUT2D eigenvalue weighted by atomic mass is 127. The number of benzene rings is 2. The van der Waals surface area contributed by atoms with E-state index >= 15 is 0 Å². The summed E-state index contributed by atoms with van der Waals surface area (Å²) in [5.74, 6) is -5.91. The van der Waals surface area contributed by atoms with Crippen LogP contribution in [0.15, 0.2) is 35.4 Å². The van der Waals surface area contributed by atoms with Crippen molar-refractivity contribution < 1.29 is 40.2 Å². The van der Waals surface area contributed by atoms with E-state index in [1.54, 1.807) is 19.1 Å². The third-order valence-electron chi connectivity index (χ3n) is 3.89. The molecule has 0 aliphatic heterocycles. The molecule has 33 heavy (non-hydrogen) atoms. The van der Waals surface area contributed by atoms with Gasteiger partial charge < -0.3 is 9.47 Å². The minimum absolute atomic E-state index is 0.0276. The van der Waals surface area contributed by atoms with Crippen molar-refractivity contribution in [1.29, 1.82) is 0 Å². The zero-order chi connectivity index (χ0) is 25.0. The van der Waals surface area contributed by atoms with Crippen molar-refractivity contribution in [2.75, 3.05) is 6.61 Å². The second-order valence-electron chi connectivity index (χ2n) is 6.30. The minimum atomic E-state index is -6.47. The normalized spacial score (nSPS) is 12.8. The number of nitrogens with one attached hydrogen (secondary N) is 1. The lowest BCUT2D eigenvalue weighted by Gasteiger charge is -2.27. The molecule has 1 N–H and O–H groups in total. The van der Waals surface area contributed by atoms with Crippen LogP contribution < -0.4 is 14.9 Å². The molecule has 182 valence electrons. The molecule has 2 aromatic rings. The summed E-state index contributed by atoms with van der Waals surface area (Å²) in [5.41, 5.74) is 1.24. The lowest BCUT2D eigenvalue weighted by molar-refractivity contribution is -0.361. The van der Waals surface area contributed by atoms with Gasteiger partial charge in [0, 0.05) is 15.6 Å². The predicted molar refractivity (Wildman–Crippen MR) is 118 cm³/mol. The molecular formula is C19H14Cl2F7IN2O2. The second-order valence-corrected chi connectivity index (χ2v) is 8.31. The number of halogens is 10. The largest absolute Gasteiger partial charge is 0.490 e. The van der Waals surface area contributed by atoms with Crippen molar-refractivity contribution >= 4 is 52.0 Å². The Morgan fingerprint density at radius 1 is 1.03 bits per heavy atom. The first-order chi connectivity index (χ1) is 15.2. The van der Waals surface area contributed by atoms with Crippen LogP contribution in [0.25, 0.3) is 0 Å². The van der Waals surface area contributed by atoms with Gasteiger partial charge in [-0.25, -0.2) is 5.43 Å². The molecule has 0 fully saturated rings. The highest BCUT2D eigenvalue weighted by Crippen LogP contribution is 2.45. The predicted octanol–water partition coefficient (Wildman–Crippen LogP) is 7.29. The Bertz CT molecular complexity index is 1020. The van der Waals surface area contributed by atoms with Gasteiger partial charge >= 0.3 is 18.1 Å². The van der Waals surface area contributed by atoms with E-state index in [4.69, 9.17) is 32.7 Å². The molecule has 0 saturated carbocycles. The van der Waals surface area contributed by atoms with Gasteiger partial charge in [0.25, 0.3) is 0 Å². The molecule has 0 spiro atoms. The fourth-order valence-electron chi connectivity index (χ4n) is 2.29. The van der Waals surface area contributed by atoms with Crippen LogP contribution in [0.2, 0.25) is 10.0 Å². The third kappa shape index (κ3) is 6.69. The second kappa shape index (κ2) is 10.7. The van der Waals surface area contributed by atoms with E-state index in [0.29, 0.717) is 30.8 Å². The molecule has 0 bridgehead atoms. The molecule has 2 aromatic carbocycles.